The van der Waals surface area contributed by atoms with Gasteiger partial charge in [0.15, 0.2) is 0 Å². The molecule has 2 aromatic rings. The maximum Gasteiger partial charge on any atom is 0.335 e. The van der Waals surface area contributed by atoms with Crippen molar-refractivity contribution in [2.24, 2.45) is 0 Å². The molecule has 0 saturated heterocycles. The van der Waals surface area contributed by atoms with Gasteiger partial charge < -0.3 is 10.1 Å². The number of fused-ring (bicyclic) bond motifs is 1. The molecule has 6 heteroatoms. The molecule has 5 nitrogen and oxygen atoms in total. The zero-order valence-electron chi connectivity index (χ0n) is 10.1. The normalized spacial score (nSPS) is 12.8. The van der Waals surface area contributed by atoms with E-state index in [4.69, 9.17) is 5.11 Å². The van der Waals surface area contributed by atoms with Gasteiger partial charge in [0.05, 0.1) is 16.6 Å². The van der Waals surface area contributed by atoms with Crippen molar-refractivity contribution in [1.82, 2.24) is 9.55 Å². The Kier molecular flexibility index (Phi) is 3.47. The molecule has 1 atom stereocenters. The van der Waals surface area contributed by atoms with Gasteiger partial charge in [-0.1, -0.05) is 6.92 Å². The van der Waals surface area contributed by atoms with Gasteiger partial charge in [-0.05, 0) is 24.5 Å². The van der Waals surface area contributed by atoms with Crippen molar-refractivity contribution in [2.45, 2.75) is 18.7 Å². The molecule has 2 N–H and O–H groups in total. The lowest BCUT2D eigenvalue weighted by Gasteiger charge is -2.09. The summed E-state index contributed by atoms with van der Waals surface area (Å²) in [6.45, 7) is 2.65. The molecule has 0 aliphatic heterocycles. The summed E-state index contributed by atoms with van der Waals surface area (Å²) in [4.78, 5) is 25.4. The van der Waals surface area contributed by atoms with Crippen LogP contribution in [-0.4, -0.2) is 32.1 Å². The van der Waals surface area contributed by atoms with E-state index in [0.29, 0.717) is 17.3 Å². The smallest absolute Gasteiger partial charge is 0.335 e. The van der Waals surface area contributed by atoms with Crippen LogP contribution in [0.4, 0.5) is 0 Å². The minimum atomic E-state index is -0.997. The van der Waals surface area contributed by atoms with E-state index in [9.17, 15) is 9.59 Å². The lowest BCUT2D eigenvalue weighted by Crippen LogP contribution is -2.21. The number of carboxylic acid groups (broad SMARTS) is 1. The van der Waals surface area contributed by atoms with Gasteiger partial charge in [0, 0.05) is 11.8 Å². The monoisotopic (exact) mass is 266 g/mol. The maximum atomic E-state index is 11.8. The van der Waals surface area contributed by atoms with Crippen LogP contribution in [0, 0.1) is 0 Å². The Morgan fingerprint density at radius 2 is 2.28 bits per heavy atom. The molecule has 0 fully saturated rings. The Labute approximate surface area is 108 Å². The number of hydrogen-bond donors (Lipinski definition) is 2. The number of carbonyl (C=O) groups is 1. The number of carboxylic acids is 1. The fourth-order valence-corrected chi connectivity index (χ4v) is 2.11. The van der Waals surface area contributed by atoms with E-state index in [-0.39, 0.29) is 11.3 Å². The number of H-pyrrole nitrogens is 1. The van der Waals surface area contributed by atoms with E-state index in [1.165, 1.54) is 12.1 Å². The number of aromatic amines is 1. The molecule has 1 heterocycles. The lowest BCUT2D eigenvalue weighted by molar-refractivity contribution is 0.0697. The van der Waals surface area contributed by atoms with E-state index in [1.807, 2.05) is 13.2 Å². The third kappa shape index (κ3) is 2.28. The van der Waals surface area contributed by atoms with Crippen molar-refractivity contribution < 1.29 is 9.90 Å². The zero-order valence-corrected chi connectivity index (χ0v) is 11.0. The zero-order chi connectivity index (χ0) is 13.3. The third-order valence-corrected chi connectivity index (χ3v) is 3.82. The molecule has 0 aliphatic rings. The number of hydrogen-bond acceptors (Lipinski definition) is 3. The highest BCUT2D eigenvalue weighted by atomic mass is 32.2. The van der Waals surface area contributed by atoms with Gasteiger partial charge >= 0.3 is 11.7 Å². The van der Waals surface area contributed by atoms with Crippen molar-refractivity contribution in [3.8, 4) is 0 Å². The first kappa shape index (κ1) is 12.8. The second kappa shape index (κ2) is 4.89. The fraction of sp³-hybridized carbons (Fsp3) is 0.333. The second-order valence-electron chi connectivity index (χ2n) is 4.12. The molecule has 1 aromatic heterocycles. The topological polar surface area (TPSA) is 75.1 Å². The van der Waals surface area contributed by atoms with Crippen LogP contribution < -0.4 is 5.69 Å². The molecular weight excluding hydrogens is 252 g/mol. The number of aromatic nitrogens is 2. The Bertz CT molecular complexity index is 644. The summed E-state index contributed by atoms with van der Waals surface area (Å²) >= 11 is 1.68. The molecule has 96 valence electrons. The number of nitrogens with one attached hydrogen (secondary N) is 1. The van der Waals surface area contributed by atoms with Gasteiger partial charge in [-0.3, -0.25) is 4.57 Å². The summed E-state index contributed by atoms with van der Waals surface area (Å²) in [6.07, 6.45) is 1.99. The molecule has 1 aromatic carbocycles. The largest absolute Gasteiger partial charge is 0.478 e. The predicted molar refractivity (Wildman–Crippen MR) is 72.5 cm³/mol. The molecule has 2 rings (SSSR count). The van der Waals surface area contributed by atoms with Gasteiger partial charge in [-0.25, -0.2) is 9.59 Å². The van der Waals surface area contributed by atoms with Crippen LogP contribution in [0.3, 0.4) is 0 Å². The Balaban J connectivity index is 2.52. The molecule has 0 aliphatic carbocycles. The lowest BCUT2D eigenvalue weighted by atomic mass is 10.2. The van der Waals surface area contributed by atoms with Crippen LogP contribution >= 0.6 is 11.8 Å². The van der Waals surface area contributed by atoms with Crippen molar-refractivity contribution in [3.63, 3.8) is 0 Å². The molecule has 0 bridgehead atoms. The van der Waals surface area contributed by atoms with Gasteiger partial charge in [-0.15, -0.1) is 0 Å². The average Bonchev–Trinajstić information content (AvgIpc) is 2.64. The summed E-state index contributed by atoms with van der Waals surface area (Å²) in [6, 6.07) is 4.67. The number of nitrogens with zero attached hydrogens (tertiary/aromatic N) is 1. The molecule has 0 saturated carbocycles. The van der Waals surface area contributed by atoms with Gasteiger partial charge in [-0.2, -0.15) is 11.8 Å². The van der Waals surface area contributed by atoms with Crippen molar-refractivity contribution in [3.05, 3.63) is 34.2 Å². The molecule has 18 heavy (non-hydrogen) atoms. The Hall–Kier alpha value is -1.69. The van der Waals surface area contributed by atoms with Crippen LogP contribution in [-0.2, 0) is 6.54 Å². The Morgan fingerprint density at radius 1 is 1.56 bits per heavy atom. The van der Waals surface area contributed by atoms with Crippen LogP contribution in [0.25, 0.3) is 11.0 Å². The maximum absolute atomic E-state index is 11.8. The molecule has 0 amide bonds. The summed E-state index contributed by atoms with van der Waals surface area (Å²) < 4.78 is 1.64. The third-order valence-electron chi connectivity index (χ3n) is 2.86. The van der Waals surface area contributed by atoms with E-state index in [0.717, 1.165) is 5.52 Å². The van der Waals surface area contributed by atoms with Gasteiger partial charge in [0.1, 0.15) is 0 Å². The summed E-state index contributed by atoms with van der Waals surface area (Å²) in [7, 11) is 0. The average molecular weight is 266 g/mol. The summed E-state index contributed by atoms with van der Waals surface area (Å²) in [5.74, 6) is -0.997. The van der Waals surface area contributed by atoms with Crippen molar-refractivity contribution in [2.75, 3.05) is 6.26 Å². The number of imidazole rings is 1. The number of aromatic carboxylic acids is 1. The van der Waals surface area contributed by atoms with Crippen LogP contribution in [0.15, 0.2) is 23.0 Å². The molecule has 1 unspecified atom stereocenters. The first-order valence-corrected chi connectivity index (χ1v) is 6.80. The highest BCUT2D eigenvalue weighted by Gasteiger charge is 2.11. The summed E-state index contributed by atoms with van der Waals surface area (Å²) in [5, 5.41) is 9.22. The SMILES string of the molecule is CSC(C)Cn1c(=O)[nH]c2cc(C(=O)O)ccc21. The van der Waals surface area contributed by atoms with Crippen molar-refractivity contribution >= 4 is 28.8 Å². The first-order chi connectivity index (χ1) is 8.52. The Morgan fingerprint density at radius 3 is 2.89 bits per heavy atom. The van der Waals surface area contributed by atoms with E-state index in [1.54, 1.807) is 22.4 Å². The quantitative estimate of drug-likeness (QED) is 0.884. The van der Waals surface area contributed by atoms with E-state index < -0.39 is 5.97 Å². The van der Waals surface area contributed by atoms with Crippen LogP contribution in [0.5, 0.6) is 0 Å². The molecule has 0 radical (unpaired) electrons. The van der Waals surface area contributed by atoms with Crippen LogP contribution in [0.2, 0.25) is 0 Å². The minimum Gasteiger partial charge on any atom is -0.478 e. The second-order valence-corrected chi connectivity index (χ2v) is 5.40. The highest BCUT2D eigenvalue weighted by Crippen LogP contribution is 2.15. The number of thioether (sulfide) groups is 1. The van der Waals surface area contributed by atoms with Crippen LogP contribution in [0.1, 0.15) is 17.3 Å². The fourth-order valence-electron chi connectivity index (χ4n) is 1.81. The highest BCUT2D eigenvalue weighted by molar-refractivity contribution is 7.99. The number of benzene rings is 1. The predicted octanol–water partition coefficient (Wildman–Crippen LogP) is 1.78. The first-order valence-electron chi connectivity index (χ1n) is 5.51. The van der Waals surface area contributed by atoms with Gasteiger partial charge in [0.2, 0.25) is 0 Å². The molecule has 0 spiro atoms. The minimum absolute atomic E-state index is 0.175. The molecular formula is C12H14N2O3S. The standard InChI is InChI=1S/C12H14N2O3S/c1-7(18-2)6-14-10-4-3-8(11(15)16)5-9(10)13-12(14)17/h3-5,7H,6H2,1-2H3,(H,13,17)(H,15,16). The van der Waals surface area contributed by atoms with Gasteiger partial charge in [0.25, 0.3) is 0 Å². The number of rotatable bonds is 4. The van der Waals surface area contributed by atoms with E-state index >= 15 is 0 Å². The van der Waals surface area contributed by atoms with Crippen molar-refractivity contribution in [1.29, 1.82) is 0 Å². The van der Waals surface area contributed by atoms with E-state index in [2.05, 4.69) is 4.98 Å². The summed E-state index contributed by atoms with van der Waals surface area (Å²) in [5.41, 5.74) is 1.28.